The van der Waals surface area contributed by atoms with Crippen molar-refractivity contribution in [3.63, 3.8) is 0 Å². The summed E-state index contributed by atoms with van der Waals surface area (Å²) in [6.07, 6.45) is -10.8. The van der Waals surface area contributed by atoms with Crippen LogP contribution in [0.1, 0.15) is 17.5 Å². The highest BCUT2D eigenvalue weighted by Crippen LogP contribution is 2.37. The number of carbonyl (C=O) groups excluding carboxylic acids is 2. The fourth-order valence-electron chi connectivity index (χ4n) is 2.01. The van der Waals surface area contributed by atoms with Crippen LogP contribution in [0, 0.1) is 0 Å². The minimum absolute atomic E-state index is 0.667. The second-order valence-corrected chi connectivity index (χ2v) is 5.11. The Kier molecular flexibility index (Phi) is 5.77. The van der Waals surface area contributed by atoms with Gasteiger partial charge in [-0.15, -0.1) is 0 Å². The molecule has 0 heterocycles. The molecular weight excluding hydrogens is 382 g/mol. The average Bonchev–Trinajstić information content (AvgIpc) is 2.53. The van der Waals surface area contributed by atoms with Gasteiger partial charge >= 0.3 is 24.3 Å². The summed E-state index contributed by atoms with van der Waals surface area (Å²) in [7, 11) is 0. The second-order valence-electron chi connectivity index (χ2n) is 5.11. The highest BCUT2D eigenvalue weighted by Gasteiger charge is 2.36. The van der Waals surface area contributed by atoms with Crippen LogP contribution >= 0.6 is 0 Å². The van der Waals surface area contributed by atoms with Crippen LogP contribution in [-0.4, -0.2) is 11.9 Å². The topological polar surface area (TPSA) is 52.6 Å². The van der Waals surface area contributed by atoms with Crippen LogP contribution in [0.2, 0.25) is 0 Å². The molecule has 2 aromatic carbocycles. The van der Waals surface area contributed by atoms with Gasteiger partial charge in [0.25, 0.3) is 0 Å². The highest BCUT2D eigenvalue weighted by atomic mass is 19.4. The summed E-state index contributed by atoms with van der Waals surface area (Å²) in [5, 5.41) is 0. The van der Waals surface area contributed by atoms with Crippen LogP contribution in [0.5, 0.6) is 11.5 Å². The van der Waals surface area contributed by atoms with Crippen molar-refractivity contribution in [1.82, 2.24) is 0 Å². The first kappa shape index (κ1) is 20.3. The van der Waals surface area contributed by atoms with E-state index in [-0.39, 0.29) is 0 Å². The quantitative estimate of drug-likeness (QED) is 0.330. The molecule has 144 valence electrons. The SMILES string of the molecule is O=C(CC(=O)Oc1ccccc1C(F)(F)F)Oc1ccccc1C(F)(F)F. The lowest BCUT2D eigenvalue weighted by Crippen LogP contribution is -2.20. The van der Waals surface area contributed by atoms with E-state index in [1.807, 2.05) is 0 Å². The molecule has 2 aromatic rings. The van der Waals surface area contributed by atoms with Crippen LogP contribution in [0.3, 0.4) is 0 Å². The molecule has 0 saturated carbocycles. The van der Waals surface area contributed by atoms with Crippen LogP contribution < -0.4 is 9.47 Å². The molecule has 0 aliphatic rings. The molecule has 27 heavy (non-hydrogen) atoms. The number of halogens is 6. The molecule has 2 rings (SSSR count). The van der Waals surface area contributed by atoms with Crippen molar-refractivity contribution in [3.05, 3.63) is 59.7 Å². The van der Waals surface area contributed by atoms with E-state index >= 15 is 0 Å². The predicted octanol–water partition coefficient (Wildman–Crippen LogP) is 4.63. The molecule has 0 aliphatic heterocycles. The fraction of sp³-hybridized carbons (Fsp3) is 0.176. The van der Waals surface area contributed by atoms with Crippen molar-refractivity contribution in [3.8, 4) is 11.5 Å². The van der Waals surface area contributed by atoms with Gasteiger partial charge in [0, 0.05) is 0 Å². The molecule has 4 nitrogen and oxygen atoms in total. The van der Waals surface area contributed by atoms with Crippen molar-refractivity contribution in [2.24, 2.45) is 0 Å². The van der Waals surface area contributed by atoms with Gasteiger partial charge in [-0.05, 0) is 24.3 Å². The van der Waals surface area contributed by atoms with Gasteiger partial charge in [0.2, 0.25) is 0 Å². The molecular formula is C17H10F6O4. The number of ether oxygens (including phenoxy) is 2. The lowest BCUT2D eigenvalue weighted by molar-refractivity contribution is -0.147. The van der Waals surface area contributed by atoms with Gasteiger partial charge in [-0.1, -0.05) is 24.3 Å². The molecule has 0 spiro atoms. The minimum Gasteiger partial charge on any atom is -0.425 e. The molecule has 0 amide bonds. The number of esters is 2. The lowest BCUT2D eigenvalue weighted by atomic mass is 10.2. The standard InChI is InChI=1S/C17H10F6O4/c18-16(19,20)10-5-1-3-7-12(10)26-14(24)9-15(25)27-13-8-4-2-6-11(13)17(21,22)23/h1-8H,9H2. The fourth-order valence-corrected chi connectivity index (χ4v) is 2.01. The van der Waals surface area contributed by atoms with Crippen molar-refractivity contribution in [2.75, 3.05) is 0 Å². The smallest absolute Gasteiger partial charge is 0.419 e. The van der Waals surface area contributed by atoms with E-state index in [9.17, 15) is 35.9 Å². The number of alkyl halides is 6. The highest BCUT2D eigenvalue weighted by molar-refractivity contribution is 5.93. The minimum atomic E-state index is -4.80. The zero-order chi connectivity index (χ0) is 20.2. The lowest BCUT2D eigenvalue weighted by Gasteiger charge is -2.13. The summed E-state index contributed by atoms with van der Waals surface area (Å²) in [6.45, 7) is 0. The number of carbonyl (C=O) groups is 2. The van der Waals surface area contributed by atoms with Crippen molar-refractivity contribution in [1.29, 1.82) is 0 Å². The molecule has 10 heteroatoms. The summed E-state index contributed by atoms with van der Waals surface area (Å²) in [5.41, 5.74) is -2.48. The predicted molar refractivity (Wildman–Crippen MR) is 78.8 cm³/mol. The Morgan fingerprint density at radius 2 is 1.00 bits per heavy atom. The Labute approximate surface area is 148 Å². The molecule has 0 unspecified atom stereocenters. The number of hydrogen-bond acceptors (Lipinski definition) is 4. The van der Waals surface area contributed by atoms with E-state index in [2.05, 4.69) is 9.47 Å². The summed E-state index contributed by atoms with van der Waals surface area (Å²) < 4.78 is 85.9. The molecule has 0 atom stereocenters. The number of benzene rings is 2. The molecule has 0 fully saturated rings. The third kappa shape index (κ3) is 5.47. The Morgan fingerprint density at radius 3 is 1.33 bits per heavy atom. The van der Waals surface area contributed by atoms with Gasteiger partial charge in [0.1, 0.15) is 17.9 Å². The Morgan fingerprint density at radius 1 is 0.667 bits per heavy atom. The Bertz CT molecular complexity index is 772. The van der Waals surface area contributed by atoms with Crippen molar-refractivity contribution in [2.45, 2.75) is 18.8 Å². The van der Waals surface area contributed by atoms with E-state index in [0.717, 1.165) is 24.3 Å². The second kappa shape index (κ2) is 7.68. The van der Waals surface area contributed by atoms with Crippen LogP contribution in [0.15, 0.2) is 48.5 Å². The first-order chi connectivity index (χ1) is 12.5. The number of rotatable bonds is 4. The maximum atomic E-state index is 12.8. The van der Waals surface area contributed by atoms with E-state index in [1.54, 1.807) is 0 Å². The summed E-state index contributed by atoms with van der Waals surface area (Å²) in [4.78, 5) is 23.3. The zero-order valence-electron chi connectivity index (χ0n) is 13.2. The molecule has 0 N–H and O–H groups in total. The molecule has 0 bridgehead atoms. The van der Waals surface area contributed by atoms with Gasteiger partial charge in [0.15, 0.2) is 0 Å². The van der Waals surface area contributed by atoms with Gasteiger partial charge < -0.3 is 9.47 Å². The zero-order valence-corrected chi connectivity index (χ0v) is 13.2. The summed E-state index contributed by atoms with van der Waals surface area (Å²) in [5.74, 6) is -4.50. The maximum Gasteiger partial charge on any atom is 0.419 e. The summed E-state index contributed by atoms with van der Waals surface area (Å²) >= 11 is 0. The van der Waals surface area contributed by atoms with Crippen LogP contribution in [0.25, 0.3) is 0 Å². The van der Waals surface area contributed by atoms with Crippen molar-refractivity contribution < 1.29 is 45.4 Å². The average molecular weight is 392 g/mol. The third-order valence-corrected chi connectivity index (χ3v) is 3.12. The number of hydrogen-bond donors (Lipinski definition) is 0. The van der Waals surface area contributed by atoms with E-state index in [0.29, 0.717) is 12.1 Å². The van der Waals surface area contributed by atoms with Gasteiger partial charge in [-0.2, -0.15) is 26.3 Å². The first-order valence-electron chi connectivity index (χ1n) is 7.22. The van der Waals surface area contributed by atoms with E-state index in [4.69, 9.17) is 0 Å². The monoisotopic (exact) mass is 392 g/mol. The van der Waals surface area contributed by atoms with Gasteiger partial charge in [-0.25, -0.2) is 0 Å². The number of para-hydroxylation sites is 2. The maximum absolute atomic E-state index is 12.8. The normalized spacial score (nSPS) is 11.8. The molecule has 0 saturated heterocycles. The van der Waals surface area contributed by atoms with E-state index < -0.39 is 53.3 Å². The Balaban J connectivity index is 2.07. The molecule has 0 aromatic heterocycles. The van der Waals surface area contributed by atoms with Gasteiger partial charge in [0.05, 0.1) is 11.1 Å². The van der Waals surface area contributed by atoms with Gasteiger partial charge in [-0.3, -0.25) is 9.59 Å². The van der Waals surface area contributed by atoms with Crippen LogP contribution in [-0.2, 0) is 21.9 Å². The summed E-state index contributed by atoms with van der Waals surface area (Å²) in [6, 6.07) is 7.56. The Hall–Kier alpha value is -3.04. The first-order valence-corrected chi connectivity index (χ1v) is 7.22. The molecule has 0 radical (unpaired) electrons. The third-order valence-electron chi connectivity index (χ3n) is 3.12. The van der Waals surface area contributed by atoms with E-state index in [1.165, 1.54) is 12.1 Å². The van der Waals surface area contributed by atoms with Crippen molar-refractivity contribution >= 4 is 11.9 Å². The van der Waals surface area contributed by atoms with Crippen LogP contribution in [0.4, 0.5) is 26.3 Å². The molecule has 0 aliphatic carbocycles. The largest absolute Gasteiger partial charge is 0.425 e.